The quantitative estimate of drug-likeness (QED) is 0.645. The highest BCUT2D eigenvalue weighted by Gasteiger charge is 2.12. The number of carbonyl (C=O) groups is 2. The van der Waals surface area contributed by atoms with Gasteiger partial charge in [0.1, 0.15) is 17.1 Å². The first-order valence-corrected chi connectivity index (χ1v) is 6.93. The van der Waals surface area contributed by atoms with E-state index in [1.165, 1.54) is 49.6 Å². The summed E-state index contributed by atoms with van der Waals surface area (Å²) in [5.74, 6) is -1.49. The molecule has 118 valence electrons. The normalized spacial score (nSPS) is 10.7. The summed E-state index contributed by atoms with van der Waals surface area (Å²) in [5, 5.41) is 19.1. The van der Waals surface area contributed by atoms with Gasteiger partial charge in [-0.3, -0.25) is 4.79 Å². The minimum absolute atomic E-state index is 0.225. The van der Waals surface area contributed by atoms with Gasteiger partial charge < -0.3 is 14.9 Å². The molecule has 0 amide bonds. The van der Waals surface area contributed by atoms with Crippen LogP contribution in [-0.4, -0.2) is 29.1 Å². The van der Waals surface area contributed by atoms with Gasteiger partial charge in [0, 0.05) is 11.1 Å². The minimum Gasteiger partial charge on any atom is -0.506 e. The molecule has 2 aromatic rings. The first-order valence-electron chi connectivity index (χ1n) is 6.55. The van der Waals surface area contributed by atoms with Crippen LogP contribution in [0.25, 0.3) is 6.08 Å². The van der Waals surface area contributed by atoms with Crippen molar-refractivity contribution < 1.29 is 24.5 Å². The number of aromatic hydroxyl groups is 1. The van der Waals surface area contributed by atoms with Crippen molar-refractivity contribution in [2.75, 3.05) is 7.11 Å². The van der Waals surface area contributed by atoms with Gasteiger partial charge in [-0.2, -0.15) is 0 Å². The van der Waals surface area contributed by atoms with Crippen LogP contribution in [0.2, 0.25) is 5.02 Å². The van der Waals surface area contributed by atoms with Crippen molar-refractivity contribution in [3.05, 3.63) is 64.2 Å². The SMILES string of the molecule is COc1ccc(C(=O)C=Cc2cccc(C(=O)O)c2O)c(Cl)c1. The lowest BCUT2D eigenvalue weighted by Crippen LogP contribution is -1.98. The van der Waals surface area contributed by atoms with Crippen molar-refractivity contribution in [3.63, 3.8) is 0 Å². The number of benzene rings is 2. The Bertz CT molecular complexity index is 796. The number of aromatic carboxylic acids is 1. The number of hydrogen-bond donors (Lipinski definition) is 2. The number of carboxylic acids is 1. The second kappa shape index (κ2) is 6.98. The maximum absolute atomic E-state index is 12.2. The first-order chi connectivity index (χ1) is 10.9. The smallest absolute Gasteiger partial charge is 0.339 e. The van der Waals surface area contributed by atoms with Gasteiger partial charge in [-0.05, 0) is 36.4 Å². The van der Waals surface area contributed by atoms with Crippen LogP contribution in [0.4, 0.5) is 0 Å². The van der Waals surface area contributed by atoms with Crippen LogP contribution in [0, 0.1) is 0 Å². The molecule has 0 saturated heterocycles. The van der Waals surface area contributed by atoms with Crippen molar-refractivity contribution in [1.82, 2.24) is 0 Å². The van der Waals surface area contributed by atoms with Gasteiger partial charge in [0.2, 0.25) is 0 Å². The largest absolute Gasteiger partial charge is 0.506 e. The number of hydrogen-bond acceptors (Lipinski definition) is 4. The summed E-state index contributed by atoms with van der Waals surface area (Å²) < 4.78 is 5.01. The van der Waals surface area contributed by atoms with Crippen LogP contribution in [0.5, 0.6) is 11.5 Å². The Morgan fingerprint density at radius 1 is 1.17 bits per heavy atom. The molecule has 0 fully saturated rings. The first kappa shape index (κ1) is 16.6. The molecule has 0 aliphatic heterocycles. The van der Waals surface area contributed by atoms with Crippen LogP contribution in [0.3, 0.4) is 0 Å². The lowest BCUT2D eigenvalue weighted by atomic mass is 10.1. The Kier molecular flexibility index (Phi) is 5.03. The molecule has 2 rings (SSSR count). The Morgan fingerprint density at radius 3 is 2.52 bits per heavy atom. The van der Waals surface area contributed by atoms with Gasteiger partial charge in [0.15, 0.2) is 5.78 Å². The third kappa shape index (κ3) is 3.70. The van der Waals surface area contributed by atoms with Crippen LogP contribution in [0.15, 0.2) is 42.5 Å². The van der Waals surface area contributed by atoms with Gasteiger partial charge in [0.25, 0.3) is 0 Å². The fraction of sp³-hybridized carbons (Fsp3) is 0.0588. The molecular weight excluding hydrogens is 320 g/mol. The van der Waals surface area contributed by atoms with Crippen LogP contribution in [-0.2, 0) is 0 Å². The summed E-state index contributed by atoms with van der Waals surface area (Å²) in [6.07, 6.45) is 2.55. The molecule has 0 unspecified atom stereocenters. The fourth-order valence-electron chi connectivity index (χ4n) is 1.95. The molecule has 0 aliphatic carbocycles. The molecule has 0 radical (unpaired) electrons. The molecule has 0 aromatic heterocycles. The predicted octanol–water partition coefficient (Wildman–Crippen LogP) is 3.65. The summed E-state index contributed by atoms with van der Waals surface area (Å²) >= 11 is 6.02. The van der Waals surface area contributed by atoms with Gasteiger partial charge >= 0.3 is 5.97 Å². The molecule has 2 aromatic carbocycles. The average molecular weight is 333 g/mol. The van der Waals surface area contributed by atoms with E-state index in [2.05, 4.69) is 0 Å². The van der Waals surface area contributed by atoms with Gasteiger partial charge in [-0.25, -0.2) is 4.79 Å². The van der Waals surface area contributed by atoms with E-state index >= 15 is 0 Å². The fourth-order valence-corrected chi connectivity index (χ4v) is 2.21. The van der Waals surface area contributed by atoms with Crippen LogP contribution in [0.1, 0.15) is 26.3 Å². The molecule has 2 N–H and O–H groups in total. The maximum Gasteiger partial charge on any atom is 0.339 e. The highest BCUT2D eigenvalue weighted by atomic mass is 35.5. The van der Waals surface area contributed by atoms with E-state index in [4.69, 9.17) is 21.4 Å². The van der Waals surface area contributed by atoms with E-state index < -0.39 is 11.7 Å². The van der Waals surface area contributed by atoms with E-state index in [0.29, 0.717) is 5.75 Å². The zero-order valence-corrected chi connectivity index (χ0v) is 12.9. The average Bonchev–Trinajstić information content (AvgIpc) is 2.53. The Balaban J connectivity index is 2.29. The summed E-state index contributed by atoms with van der Waals surface area (Å²) in [6, 6.07) is 8.91. The van der Waals surface area contributed by atoms with Gasteiger partial charge in [-0.1, -0.05) is 23.7 Å². The molecule has 0 atom stereocenters. The molecule has 0 saturated carbocycles. The Morgan fingerprint density at radius 2 is 1.91 bits per heavy atom. The van der Waals surface area contributed by atoms with Gasteiger partial charge in [0.05, 0.1) is 12.1 Å². The van der Waals surface area contributed by atoms with E-state index in [9.17, 15) is 14.7 Å². The number of rotatable bonds is 5. The summed E-state index contributed by atoms with van der Waals surface area (Å²) in [6.45, 7) is 0. The number of halogens is 1. The van der Waals surface area contributed by atoms with Crippen molar-refractivity contribution in [2.45, 2.75) is 0 Å². The lowest BCUT2D eigenvalue weighted by Gasteiger charge is -2.04. The highest BCUT2D eigenvalue weighted by Crippen LogP contribution is 2.25. The third-order valence-electron chi connectivity index (χ3n) is 3.15. The number of allylic oxidation sites excluding steroid dienone is 1. The minimum atomic E-state index is -1.25. The monoisotopic (exact) mass is 332 g/mol. The number of methoxy groups -OCH3 is 1. The Labute approximate surface area is 137 Å². The molecule has 6 heteroatoms. The Hall–Kier alpha value is -2.79. The van der Waals surface area contributed by atoms with Crippen molar-refractivity contribution >= 4 is 29.4 Å². The maximum atomic E-state index is 12.2. The van der Waals surface area contributed by atoms with E-state index in [1.807, 2.05) is 0 Å². The molecule has 0 heterocycles. The lowest BCUT2D eigenvalue weighted by molar-refractivity contribution is 0.0693. The van der Waals surface area contributed by atoms with Crippen molar-refractivity contribution in [1.29, 1.82) is 0 Å². The number of ether oxygens (including phenoxy) is 1. The molecular formula is C17H13ClO5. The zero-order chi connectivity index (χ0) is 17.0. The third-order valence-corrected chi connectivity index (χ3v) is 3.47. The van der Waals surface area contributed by atoms with Crippen molar-refractivity contribution in [2.24, 2.45) is 0 Å². The van der Waals surface area contributed by atoms with Crippen LogP contribution >= 0.6 is 11.6 Å². The summed E-state index contributed by atoms with van der Waals surface area (Å²) in [7, 11) is 1.49. The molecule has 0 bridgehead atoms. The summed E-state index contributed by atoms with van der Waals surface area (Å²) in [4.78, 5) is 23.1. The zero-order valence-electron chi connectivity index (χ0n) is 12.1. The van der Waals surface area contributed by atoms with Crippen LogP contribution < -0.4 is 4.74 Å². The number of carbonyl (C=O) groups excluding carboxylic acids is 1. The van der Waals surface area contributed by atoms with Gasteiger partial charge in [-0.15, -0.1) is 0 Å². The summed E-state index contributed by atoms with van der Waals surface area (Å²) in [5.41, 5.74) is 0.266. The number of ketones is 1. The van der Waals surface area contributed by atoms with E-state index in [-0.39, 0.29) is 27.5 Å². The number of para-hydroxylation sites is 1. The molecule has 0 spiro atoms. The van der Waals surface area contributed by atoms with E-state index in [1.54, 1.807) is 6.07 Å². The van der Waals surface area contributed by atoms with Crippen molar-refractivity contribution in [3.8, 4) is 11.5 Å². The second-order valence-electron chi connectivity index (χ2n) is 4.59. The number of phenols is 1. The number of carboxylic acid groups (broad SMARTS) is 1. The second-order valence-corrected chi connectivity index (χ2v) is 5.00. The standard InChI is InChI=1S/C17H13ClO5/c1-23-11-6-7-12(14(18)9-11)15(19)8-5-10-3-2-4-13(16(10)20)17(21)22/h2-9,20H,1H3,(H,21,22). The predicted molar refractivity (Wildman–Crippen MR) is 86.4 cm³/mol. The highest BCUT2D eigenvalue weighted by molar-refractivity contribution is 6.34. The van der Waals surface area contributed by atoms with E-state index in [0.717, 1.165) is 0 Å². The molecule has 0 aliphatic rings. The molecule has 5 nitrogen and oxygen atoms in total. The topological polar surface area (TPSA) is 83.8 Å². The molecule has 23 heavy (non-hydrogen) atoms.